The summed E-state index contributed by atoms with van der Waals surface area (Å²) in [5, 5.41) is 15.1. The van der Waals surface area contributed by atoms with E-state index in [2.05, 4.69) is 82.3 Å². The van der Waals surface area contributed by atoms with Gasteiger partial charge in [0.05, 0.1) is 44.6 Å². The third kappa shape index (κ3) is 5.39. The van der Waals surface area contributed by atoms with Crippen LogP contribution < -0.4 is 0 Å². The van der Waals surface area contributed by atoms with Crippen molar-refractivity contribution in [1.29, 1.82) is 5.26 Å². The maximum atomic E-state index is 15.2. The first kappa shape index (κ1) is 40.0. The van der Waals surface area contributed by atoms with E-state index in [-0.39, 0.29) is 28.6 Å². The molecule has 0 atom stereocenters. The average Bonchev–Trinajstić information content (AvgIpc) is 3.95. The van der Waals surface area contributed by atoms with Crippen molar-refractivity contribution in [2.75, 3.05) is 0 Å². The van der Waals surface area contributed by atoms with Crippen molar-refractivity contribution < 1.29 is 26.3 Å². The number of nitrogens with zero attached hydrogens (tertiary/aromatic N) is 3. The van der Waals surface area contributed by atoms with E-state index in [1.54, 1.807) is 0 Å². The molecule has 2 aliphatic rings. The van der Waals surface area contributed by atoms with Crippen molar-refractivity contribution >= 4 is 43.6 Å². The zero-order chi connectivity index (χ0) is 45.8. The Bertz CT molecular complexity index is 3610. The molecule has 322 valence electrons. The molecule has 3 nitrogen and oxygen atoms in total. The van der Waals surface area contributed by atoms with Gasteiger partial charge in [-0.05, 0) is 116 Å². The summed E-state index contributed by atoms with van der Waals surface area (Å²) in [7, 11) is 0. The van der Waals surface area contributed by atoms with Gasteiger partial charge in [0.15, 0.2) is 0 Å². The number of nitriles is 1. The first-order valence-electron chi connectivity index (χ1n) is 21.7. The van der Waals surface area contributed by atoms with Gasteiger partial charge in [-0.2, -0.15) is 31.6 Å². The number of hydrogen-bond acceptors (Lipinski definition) is 1. The molecule has 9 heteroatoms. The highest BCUT2D eigenvalue weighted by molar-refractivity contribution is 6.14. The van der Waals surface area contributed by atoms with Crippen molar-refractivity contribution in [3.8, 4) is 50.8 Å². The van der Waals surface area contributed by atoms with Crippen molar-refractivity contribution in [2.24, 2.45) is 0 Å². The SMILES string of the molecule is CC1(C)c2ccccc2-c2cc3c4ccccc4n(-c4cc(-c5ccc(C(F)(F)F)cc5C(F)(F)F)cc(-n5c6ccccc6c6cc7c(cc65)C(C)(C)c5ccccc5-7)c4C#N)c3cc21. The van der Waals surface area contributed by atoms with Gasteiger partial charge in [-0.1, -0.05) is 119 Å². The topological polar surface area (TPSA) is 33.6 Å². The number of benzene rings is 8. The zero-order valence-corrected chi connectivity index (χ0v) is 36.0. The summed E-state index contributed by atoms with van der Waals surface area (Å²) in [5.41, 5.74) is 8.35. The largest absolute Gasteiger partial charge is 0.417 e. The Balaban J connectivity index is 1.24. The molecule has 0 amide bonds. The molecule has 0 bridgehead atoms. The van der Waals surface area contributed by atoms with Crippen molar-refractivity contribution in [3.05, 3.63) is 191 Å². The minimum Gasteiger partial charge on any atom is -0.308 e. The fourth-order valence-corrected chi connectivity index (χ4v) is 11.3. The summed E-state index contributed by atoms with van der Waals surface area (Å²) in [5.74, 6) is 0. The van der Waals surface area contributed by atoms with E-state index in [1.807, 2.05) is 81.9 Å². The third-order valence-electron chi connectivity index (χ3n) is 14.4. The predicted molar refractivity (Wildman–Crippen MR) is 250 cm³/mol. The van der Waals surface area contributed by atoms with E-state index in [0.717, 1.165) is 83.2 Å². The molecule has 2 aromatic heterocycles. The summed E-state index contributed by atoms with van der Waals surface area (Å²) in [6.07, 6.45) is -10.2. The van der Waals surface area contributed by atoms with Gasteiger partial charge in [-0.25, -0.2) is 0 Å². The molecule has 0 fully saturated rings. The first-order chi connectivity index (χ1) is 31.5. The van der Waals surface area contributed by atoms with E-state index >= 15 is 13.2 Å². The number of aromatic nitrogens is 2. The number of halogens is 6. The highest BCUT2D eigenvalue weighted by Gasteiger charge is 2.41. The molecule has 0 saturated carbocycles. The molecule has 8 aromatic carbocycles. The van der Waals surface area contributed by atoms with Gasteiger partial charge in [0.1, 0.15) is 11.6 Å². The molecular weight excluding hydrogens is 841 g/mol. The molecule has 2 aliphatic carbocycles. The molecule has 0 N–H and O–H groups in total. The second-order valence-corrected chi connectivity index (χ2v) is 18.6. The van der Waals surface area contributed by atoms with E-state index in [0.29, 0.717) is 17.1 Å². The van der Waals surface area contributed by atoms with Gasteiger partial charge < -0.3 is 9.13 Å². The Hall–Kier alpha value is -7.57. The van der Waals surface area contributed by atoms with E-state index in [4.69, 9.17) is 0 Å². The van der Waals surface area contributed by atoms with Gasteiger partial charge >= 0.3 is 12.4 Å². The van der Waals surface area contributed by atoms with E-state index in [1.165, 1.54) is 12.1 Å². The lowest BCUT2D eigenvalue weighted by molar-refractivity contribution is -0.142. The lowest BCUT2D eigenvalue weighted by atomic mass is 9.82. The summed E-state index contributed by atoms with van der Waals surface area (Å²) in [4.78, 5) is 0. The Morgan fingerprint density at radius 1 is 0.424 bits per heavy atom. The highest BCUT2D eigenvalue weighted by Crippen LogP contribution is 2.54. The lowest BCUT2D eigenvalue weighted by Crippen LogP contribution is -2.15. The number of para-hydroxylation sites is 2. The molecule has 10 aromatic rings. The van der Waals surface area contributed by atoms with E-state index < -0.39 is 39.9 Å². The quantitative estimate of drug-likeness (QED) is 0.163. The van der Waals surface area contributed by atoms with E-state index in [9.17, 15) is 18.4 Å². The first-order valence-corrected chi connectivity index (χ1v) is 21.7. The highest BCUT2D eigenvalue weighted by atomic mass is 19.4. The standard InChI is InChI=1S/C57H37F6N3/c1-54(2)43-17-9-5-13-34(43)38-26-40-36-15-7-11-19-48(36)65(52(40)28-45(38)54)50-23-31(33-22-21-32(56(58,59)60)25-47(33)57(61,62)63)24-51(42(50)30-64)66-49-20-12-8-16-37(49)41-27-39-35-14-6-10-18-44(35)55(3,4)46(39)29-53(41)66/h5-29H,1-4H3. The Morgan fingerprint density at radius 2 is 0.879 bits per heavy atom. The van der Waals surface area contributed by atoms with Gasteiger partial charge in [-0.15, -0.1) is 0 Å². The van der Waals surface area contributed by atoms with Crippen LogP contribution in [0.4, 0.5) is 26.3 Å². The normalized spacial score (nSPS) is 14.7. The van der Waals surface area contributed by atoms with Crippen LogP contribution >= 0.6 is 0 Å². The lowest BCUT2D eigenvalue weighted by Gasteiger charge is -2.23. The maximum absolute atomic E-state index is 15.2. The minimum absolute atomic E-state index is 0.000276. The van der Waals surface area contributed by atoms with Crippen LogP contribution in [0.15, 0.2) is 152 Å². The monoisotopic (exact) mass is 877 g/mol. The zero-order valence-electron chi connectivity index (χ0n) is 36.0. The number of fused-ring (bicyclic) bond motifs is 12. The molecule has 0 aliphatic heterocycles. The maximum Gasteiger partial charge on any atom is 0.417 e. The molecule has 2 heterocycles. The molecule has 12 rings (SSSR count). The van der Waals surface area contributed by atoms with Crippen molar-refractivity contribution in [1.82, 2.24) is 9.13 Å². The third-order valence-corrected chi connectivity index (χ3v) is 14.4. The molecular formula is C57H37F6N3. The number of alkyl halides is 6. The predicted octanol–water partition coefficient (Wildman–Crippen LogP) is 16.1. The van der Waals surface area contributed by atoms with Gasteiger partial charge in [0.25, 0.3) is 0 Å². The summed E-state index contributed by atoms with van der Waals surface area (Å²) >= 11 is 0. The summed E-state index contributed by atoms with van der Waals surface area (Å²) in [6, 6.07) is 47.9. The second-order valence-electron chi connectivity index (χ2n) is 18.6. The van der Waals surface area contributed by atoms with Crippen LogP contribution in [0.5, 0.6) is 0 Å². The van der Waals surface area contributed by atoms with Crippen LogP contribution in [0.2, 0.25) is 0 Å². The Labute approximate surface area is 375 Å². The molecule has 0 spiro atoms. The summed E-state index contributed by atoms with van der Waals surface area (Å²) in [6.45, 7) is 8.66. The van der Waals surface area contributed by atoms with Gasteiger partial charge in [-0.3, -0.25) is 0 Å². The van der Waals surface area contributed by atoms with Crippen LogP contribution in [0.3, 0.4) is 0 Å². The van der Waals surface area contributed by atoms with Crippen LogP contribution in [0.25, 0.3) is 88.4 Å². The average molecular weight is 878 g/mol. The van der Waals surface area contributed by atoms with Crippen LogP contribution in [-0.4, -0.2) is 9.13 Å². The smallest absolute Gasteiger partial charge is 0.308 e. The van der Waals surface area contributed by atoms with Crippen molar-refractivity contribution in [2.45, 2.75) is 50.9 Å². The Kier molecular flexibility index (Phi) is 8.03. The molecule has 0 radical (unpaired) electrons. The molecule has 66 heavy (non-hydrogen) atoms. The molecule has 0 saturated heterocycles. The van der Waals surface area contributed by atoms with Gasteiger partial charge in [0, 0.05) is 32.4 Å². The van der Waals surface area contributed by atoms with Crippen LogP contribution in [0, 0.1) is 11.3 Å². The number of hydrogen-bond donors (Lipinski definition) is 0. The fourth-order valence-electron chi connectivity index (χ4n) is 11.3. The van der Waals surface area contributed by atoms with Crippen molar-refractivity contribution in [3.63, 3.8) is 0 Å². The summed E-state index contributed by atoms with van der Waals surface area (Å²) < 4.78 is 92.0. The molecule has 0 unspecified atom stereocenters. The number of rotatable bonds is 3. The van der Waals surface area contributed by atoms with Crippen LogP contribution in [-0.2, 0) is 23.2 Å². The van der Waals surface area contributed by atoms with Crippen LogP contribution in [0.1, 0.15) is 66.6 Å². The second kappa shape index (κ2) is 13.3. The Morgan fingerprint density at radius 3 is 1.33 bits per heavy atom. The fraction of sp³-hybridized carbons (Fsp3) is 0.140. The van der Waals surface area contributed by atoms with Gasteiger partial charge in [0.2, 0.25) is 0 Å². The minimum atomic E-state index is -5.16.